The zero-order valence-electron chi connectivity index (χ0n) is 13.9. The average Bonchev–Trinajstić information content (AvgIpc) is 2.60. The molecule has 4 nitrogen and oxygen atoms in total. The van der Waals surface area contributed by atoms with Crippen LogP contribution < -0.4 is 10.1 Å². The molecule has 0 heterocycles. The average molecular weight is 349 g/mol. The lowest BCUT2D eigenvalue weighted by molar-refractivity contribution is -0.120. The summed E-state index contributed by atoms with van der Waals surface area (Å²) >= 11 is 0. The van der Waals surface area contributed by atoms with Crippen molar-refractivity contribution in [2.75, 3.05) is 6.54 Å². The molecule has 0 aliphatic rings. The molecule has 6 heteroatoms. The van der Waals surface area contributed by atoms with E-state index in [4.69, 9.17) is 0 Å². The number of benzene rings is 2. The molecule has 0 saturated carbocycles. The maximum atomic E-state index is 12.1. The number of rotatable bonds is 8. The van der Waals surface area contributed by atoms with Crippen LogP contribution in [0.15, 0.2) is 48.5 Å². The Morgan fingerprint density at radius 2 is 1.68 bits per heavy atom. The Morgan fingerprint density at radius 1 is 1.08 bits per heavy atom. The zero-order chi connectivity index (χ0) is 18.2. The Labute approximate surface area is 145 Å². The van der Waals surface area contributed by atoms with Crippen LogP contribution in [0.5, 0.6) is 5.75 Å². The van der Waals surface area contributed by atoms with Crippen molar-refractivity contribution in [3.05, 3.63) is 65.2 Å². The first-order chi connectivity index (χ1) is 12.0. The minimum Gasteiger partial charge on any atom is -0.435 e. The summed E-state index contributed by atoms with van der Waals surface area (Å²) < 4.78 is 28.4. The number of alkyl halides is 2. The van der Waals surface area contributed by atoms with E-state index >= 15 is 0 Å². The van der Waals surface area contributed by atoms with Gasteiger partial charge in [0.25, 0.3) is 0 Å². The summed E-state index contributed by atoms with van der Waals surface area (Å²) in [7, 11) is 0. The van der Waals surface area contributed by atoms with E-state index in [1.807, 2.05) is 24.3 Å². The van der Waals surface area contributed by atoms with Crippen molar-refractivity contribution in [1.82, 2.24) is 5.32 Å². The third kappa shape index (κ3) is 6.15. The standard InChI is InChI=1S/C19H21F2NO3/c1-2-13-3-5-14(6-4-13)11-18(24)22-12-17(23)15-7-9-16(10-8-15)25-19(20)21/h3-10,17,19,23H,2,11-12H2,1H3,(H,22,24). The van der Waals surface area contributed by atoms with Crippen LogP contribution in [0.4, 0.5) is 8.78 Å². The van der Waals surface area contributed by atoms with Crippen LogP contribution in [-0.4, -0.2) is 24.2 Å². The fourth-order valence-corrected chi connectivity index (χ4v) is 2.34. The van der Waals surface area contributed by atoms with Crippen molar-refractivity contribution < 1.29 is 23.4 Å². The molecule has 0 aliphatic carbocycles. The molecule has 134 valence electrons. The van der Waals surface area contributed by atoms with Gasteiger partial charge in [0.15, 0.2) is 0 Å². The van der Waals surface area contributed by atoms with Crippen molar-refractivity contribution in [2.24, 2.45) is 0 Å². The highest BCUT2D eigenvalue weighted by molar-refractivity contribution is 5.78. The second-order valence-corrected chi connectivity index (χ2v) is 5.61. The van der Waals surface area contributed by atoms with Gasteiger partial charge >= 0.3 is 6.61 Å². The molecule has 1 atom stereocenters. The van der Waals surface area contributed by atoms with E-state index in [-0.39, 0.29) is 24.6 Å². The number of amides is 1. The van der Waals surface area contributed by atoms with Gasteiger partial charge in [0.2, 0.25) is 5.91 Å². The van der Waals surface area contributed by atoms with Gasteiger partial charge in [-0.1, -0.05) is 43.3 Å². The summed E-state index contributed by atoms with van der Waals surface area (Å²) in [6.07, 6.45) is 0.254. The van der Waals surface area contributed by atoms with Gasteiger partial charge in [-0.2, -0.15) is 8.78 Å². The van der Waals surface area contributed by atoms with E-state index in [1.54, 1.807) is 0 Å². The first-order valence-electron chi connectivity index (χ1n) is 8.05. The predicted molar refractivity (Wildman–Crippen MR) is 90.6 cm³/mol. The van der Waals surface area contributed by atoms with E-state index in [2.05, 4.69) is 17.0 Å². The van der Waals surface area contributed by atoms with Gasteiger partial charge in [-0.25, -0.2) is 0 Å². The number of hydrogen-bond acceptors (Lipinski definition) is 3. The van der Waals surface area contributed by atoms with Gasteiger partial charge < -0.3 is 15.2 Å². The SMILES string of the molecule is CCc1ccc(CC(=O)NCC(O)c2ccc(OC(F)F)cc2)cc1. The summed E-state index contributed by atoms with van der Waals surface area (Å²) in [4.78, 5) is 12.0. The van der Waals surface area contributed by atoms with Gasteiger partial charge in [0, 0.05) is 6.54 Å². The molecule has 0 spiro atoms. The first-order valence-corrected chi connectivity index (χ1v) is 8.05. The molecular weight excluding hydrogens is 328 g/mol. The van der Waals surface area contributed by atoms with Crippen LogP contribution in [-0.2, 0) is 17.6 Å². The number of halogens is 2. The molecule has 0 radical (unpaired) electrons. The monoisotopic (exact) mass is 349 g/mol. The zero-order valence-corrected chi connectivity index (χ0v) is 13.9. The number of aliphatic hydroxyl groups is 1. The van der Waals surface area contributed by atoms with Crippen molar-refractivity contribution in [3.63, 3.8) is 0 Å². The Hall–Kier alpha value is -2.47. The van der Waals surface area contributed by atoms with Crippen LogP contribution in [0.25, 0.3) is 0 Å². The molecule has 0 fully saturated rings. The van der Waals surface area contributed by atoms with Crippen LogP contribution in [0.1, 0.15) is 29.7 Å². The van der Waals surface area contributed by atoms with Crippen LogP contribution in [0, 0.1) is 0 Å². The lowest BCUT2D eigenvalue weighted by Gasteiger charge is -2.13. The Balaban J connectivity index is 1.81. The normalized spacial score (nSPS) is 12.0. The molecule has 0 saturated heterocycles. The molecule has 0 aliphatic heterocycles. The first kappa shape index (κ1) is 18.9. The van der Waals surface area contributed by atoms with Gasteiger partial charge in [-0.15, -0.1) is 0 Å². The van der Waals surface area contributed by atoms with E-state index in [9.17, 15) is 18.7 Å². The maximum Gasteiger partial charge on any atom is 0.387 e. The molecule has 2 rings (SSSR count). The third-order valence-corrected chi connectivity index (χ3v) is 3.78. The van der Waals surface area contributed by atoms with Gasteiger partial charge in [0.1, 0.15) is 5.75 Å². The number of ether oxygens (including phenoxy) is 1. The molecule has 25 heavy (non-hydrogen) atoms. The topological polar surface area (TPSA) is 58.6 Å². The van der Waals surface area contributed by atoms with E-state index in [0.29, 0.717) is 5.56 Å². The highest BCUT2D eigenvalue weighted by Gasteiger charge is 2.11. The third-order valence-electron chi connectivity index (χ3n) is 3.78. The Bertz CT molecular complexity index is 672. The van der Waals surface area contributed by atoms with E-state index < -0.39 is 12.7 Å². The number of carbonyl (C=O) groups excluding carboxylic acids is 1. The minimum absolute atomic E-state index is 0.0190. The number of aliphatic hydroxyl groups excluding tert-OH is 1. The number of nitrogens with one attached hydrogen (secondary N) is 1. The highest BCUT2D eigenvalue weighted by atomic mass is 19.3. The molecule has 1 unspecified atom stereocenters. The molecule has 2 aromatic rings. The fraction of sp³-hybridized carbons (Fsp3) is 0.316. The molecule has 2 N–H and O–H groups in total. The lowest BCUT2D eigenvalue weighted by Crippen LogP contribution is -2.29. The molecule has 2 aromatic carbocycles. The summed E-state index contributed by atoms with van der Waals surface area (Å²) in [6, 6.07) is 13.5. The van der Waals surface area contributed by atoms with Crippen LogP contribution >= 0.6 is 0 Å². The quantitative estimate of drug-likeness (QED) is 0.769. The number of hydrogen-bond donors (Lipinski definition) is 2. The second-order valence-electron chi connectivity index (χ2n) is 5.61. The molecule has 0 aromatic heterocycles. The Kier molecular flexibility index (Phi) is 6.89. The van der Waals surface area contributed by atoms with Crippen molar-refractivity contribution in [3.8, 4) is 5.75 Å². The highest BCUT2D eigenvalue weighted by Crippen LogP contribution is 2.19. The van der Waals surface area contributed by atoms with E-state index in [1.165, 1.54) is 29.8 Å². The van der Waals surface area contributed by atoms with Gasteiger partial charge in [-0.05, 0) is 35.2 Å². The predicted octanol–water partition coefficient (Wildman–Crippen LogP) is 3.24. The lowest BCUT2D eigenvalue weighted by atomic mass is 10.1. The minimum atomic E-state index is -2.89. The van der Waals surface area contributed by atoms with Crippen molar-refractivity contribution in [1.29, 1.82) is 0 Å². The van der Waals surface area contributed by atoms with Crippen molar-refractivity contribution >= 4 is 5.91 Å². The maximum absolute atomic E-state index is 12.1. The second kappa shape index (κ2) is 9.13. The summed E-state index contributed by atoms with van der Waals surface area (Å²) in [5.74, 6) is -0.175. The molecule has 1 amide bonds. The van der Waals surface area contributed by atoms with E-state index in [0.717, 1.165) is 12.0 Å². The number of aryl methyl sites for hydroxylation is 1. The molecule has 0 bridgehead atoms. The molecular formula is C19H21F2NO3. The fourth-order valence-electron chi connectivity index (χ4n) is 2.34. The van der Waals surface area contributed by atoms with Gasteiger partial charge in [0.05, 0.1) is 12.5 Å². The number of carbonyl (C=O) groups is 1. The van der Waals surface area contributed by atoms with Crippen LogP contribution in [0.3, 0.4) is 0 Å². The largest absolute Gasteiger partial charge is 0.435 e. The van der Waals surface area contributed by atoms with Crippen LogP contribution in [0.2, 0.25) is 0 Å². The summed E-state index contributed by atoms with van der Waals surface area (Å²) in [5.41, 5.74) is 2.62. The smallest absolute Gasteiger partial charge is 0.387 e. The van der Waals surface area contributed by atoms with Crippen molar-refractivity contribution in [2.45, 2.75) is 32.5 Å². The Morgan fingerprint density at radius 3 is 2.24 bits per heavy atom. The summed E-state index contributed by atoms with van der Waals surface area (Å²) in [5, 5.41) is 12.7. The van der Waals surface area contributed by atoms with Gasteiger partial charge in [-0.3, -0.25) is 4.79 Å². The summed E-state index contributed by atoms with van der Waals surface area (Å²) in [6.45, 7) is -0.780.